The maximum absolute atomic E-state index is 12.7. The monoisotopic (exact) mass is 487 g/mol. The van der Waals surface area contributed by atoms with Crippen molar-refractivity contribution in [2.45, 2.75) is 12.8 Å². The quantitative estimate of drug-likeness (QED) is 0.542. The smallest absolute Gasteiger partial charge is 0.257 e. The van der Waals surface area contributed by atoms with Crippen LogP contribution in [0.2, 0.25) is 0 Å². The number of fused-ring (bicyclic) bond motifs is 1. The van der Waals surface area contributed by atoms with Crippen LogP contribution in [0.15, 0.2) is 40.2 Å². The maximum Gasteiger partial charge on any atom is 0.257 e. The Kier molecular flexibility index (Phi) is 5.74. The lowest BCUT2D eigenvalue weighted by molar-refractivity contribution is -0.116. The van der Waals surface area contributed by atoms with Gasteiger partial charge in [0.25, 0.3) is 5.91 Å². The third-order valence-electron chi connectivity index (χ3n) is 4.73. The van der Waals surface area contributed by atoms with E-state index in [0.29, 0.717) is 39.5 Å². The second-order valence-electron chi connectivity index (χ2n) is 6.61. The van der Waals surface area contributed by atoms with Gasteiger partial charge in [-0.2, -0.15) is 0 Å². The number of rotatable bonds is 5. The van der Waals surface area contributed by atoms with Crippen molar-refractivity contribution in [2.75, 3.05) is 24.9 Å². The fourth-order valence-corrected chi connectivity index (χ4v) is 4.44. The van der Waals surface area contributed by atoms with Crippen LogP contribution in [0, 0.1) is 0 Å². The highest BCUT2D eigenvalue weighted by molar-refractivity contribution is 9.10. The molecule has 9 heteroatoms. The highest BCUT2D eigenvalue weighted by atomic mass is 79.9. The van der Waals surface area contributed by atoms with Crippen molar-refractivity contribution in [2.24, 2.45) is 0 Å². The highest BCUT2D eigenvalue weighted by Gasteiger charge is 2.18. The number of hydrogen-bond acceptors (Lipinski definition) is 6. The molecule has 0 spiro atoms. The van der Waals surface area contributed by atoms with Gasteiger partial charge in [-0.15, -0.1) is 11.3 Å². The molecule has 1 aliphatic heterocycles. The zero-order chi connectivity index (χ0) is 21.3. The molecule has 4 rings (SSSR count). The molecule has 0 radical (unpaired) electrons. The van der Waals surface area contributed by atoms with E-state index in [1.807, 2.05) is 23.6 Å². The number of benzene rings is 2. The van der Waals surface area contributed by atoms with Crippen LogP contribution in [0.1, 0.15) is 22.3 Å². The lowest BCUT2D eigenvalue weighted by Gasteiger charge is -2.17. The van der Waals surface area contributed by atoms with E-state index in [4.69, 9.17) is 9.47 Å². The molecule has 3 aromatic rings. The van der Waals surface area contributed by atoms with Crippen molar-refractivity contribution >= 4 is 49.9 Å². The van der Waals surface area contributed by atoms with Gasteiger partial charge in [0.05, 0.1) is 19.9 Å². The molecule has 2 amide bonds. The van der Waals surface area contributed by atoms with Crippen molar-refractivity contribution in [3.05, 3.63) is 51.3 Å². The molecular formula is C21H18BrN3O4S. The minimum Gasteiger partial charge on any atom is -0.495 e. The summed E-state index contributed by atoms with van der Waals surface area (Å²) in [4.78, 5) is 28.8. The van der Waals surface area contributed by atoms with Gasteiger partial charge in [0.2, 0.25) is 5.91 Å². The fourth-order valence-electron chi connectivity index (χ4n) is 3.18. The van der Waals surface area contributed by atoms with Gasteiger partial charge >= 0.3 is 0 Å². The van der Waals surface area contributed by atoms with Crippen LogP contribution in [0.4, 0.5) is 10.8 Å². The Labute approximate surface area is 185 Å². The Morgan fingerprint density at radius 2 is 1.90 bits per heavy atom. The number of hydrogen-bond donors (Lipinski definition) is 2. The molecule has 0 saturated heterocycles. The topological polar surface area (TPSA) is 89.5 Å². The lowest BCUT2D eigenvalue weighted by Crippen LogP contribution is -2.18. The minimum atomic E-state index is -0.312. The van der Waals surface area contributed by atoms with Gasteiger partial charge in [-0.3, -0.25) is 14.9 Å². The van der Waals surface area contributed by atoms with Crippen molar-refractivity contribution < 1.29 is 19.1 Å². The molecule has 0 fully saturated rings. The summed E-state index contributed by atoms with van der Waals surface area (Å²) >= 11 is 4.74. The number of carbonyl (C=O) groups excluding carboxylic acids is 2. The summed E-state index contributed by atoms with van der Waals surface area (Å²) in [6, 6.07) is 9.09. The molecule has 2 heterocycles. The molecule has 7 nitrogen and oxygen atoms in total. The Hall–Kier alpha value is -2.91. The molecule has 1 aromatic heterocycles. The zero-order valence-electron chi connectivity index (χ0n) is 16.2. The molecule has 1 aliphatic rings. The summed E-state index contributed by atoms with van der Waals surface area (Å²) in [5.41, 5.74) is 4.03. The molecule has 154 valence electrons. The molecule has 2 N–H and O–H groups in total. The number of aryl methyl sites for hydroxylation is 1. The van der Waals surface area contributed by atoms with E-state index in [-0.39, 0.29) is 11.8 Å². The number of halogens is 1. The van der Waals surface area contributed by atoms with Gasteiger partial charge in [0.1, 0.15) is 16.0 Å². The van der Waals surface area contributed by atoms with E-state index < -0.39 is 0 Å². The number of ether oxygens (including phenoxy) is 2. The molecule has 0 unspecified atom stereocenters. The number of thiazole rings is 1. The van der Waals surface area contributed by atoms with Gasteiger partial charge in [0, 0.05) is 28.6 Å². The predicted octanol–water partition coefficient (Wildman–Crippen LogP) is 4.73. The van der Waals surface area contributed by atoms with E-state index >= 15 is 0 Å². The SMILES string of the molecule is COc1cc(C(=O)Nc2nc(-c3ccc4c(c3)CCC(=O)N4)cs2)cc(OC)c1Br. The summed E-state index contributed by atoms with van der Waals surface area (Å²) in [7, 11) is 3.05. The van der Waals surface area contributed by atoms with Crippen LogP contribution in [0.25, 0.3) is 11.3 Å². The summed E-state index contributed by atoms with van der Waals surface area (Å²) in [6.07, 6.45) is 1.19. The number of nitrogens with one attached hydrogen (secondary N) is 2. The van der Waals surface area contributed by atoms with Gasteiger partial charge in [0.15, 0.2) is 5.13 Å². The van der Waals surface area contributed by atoms with E-state index in [1.54, 1.807) is 12.1 Å². The Bertz CT molecular complexity index is 1120. The summed E-state index contributed by atoms with van der Waals surface area (Å²) < 4.78 is 11.2. The first-order chi connectivity index (χ1) is 14.5. The standard InChI is InChI=1S/C21H18BrN3O4S/c1-28-16-8-13(9-17(29-2)19(16)22)20(27)25-21-24-15(10-30-21)12-3-5-14-11(7-12)4-6-18(26)23-14/h3,5,7-10H,4,6H2,1-2H3,(H,23,26)(H,24,25,27). The first-order valence-electron chi connectivity index (χ1n) is 9.10. The molecule has 0 aliphatic carbocycles. The average Bonchev–Trinajstić information content (AvgIpc) is 3.21. The third-order valence-corrected chi connectivity index (χ3v) is 6.27. The minimum absolute atomic E-state index is 0.0371. The van der Waals surface area contributed by atoms with E-state index in [9.17, 15) is 9.59 Å². The second-order valence-corrected chi connectivity index (χ2v) is 8.26. The van der Waals surface area contributed by atoms with Crippen molar-refractivity contribution in [3.8, 4) is 22.8 Å². The number of aromatic nitrogens is 1. The van der Waals surface area contributed by atoms with Crippen molar-refractivity contribution in [3.63, 3.8) is 0 Å². The first-order valence-corrected chi connectivity index (χ1v) is 10.8. The summed E-state index contributed by atoms with van der Waals surface area (Å²) in [6.45, 7) is 0. The molecule has 0 atom stereocenters. The van der Waals surface area contributed by atoms with Crippen molar-refractivity contribution in [1.29, 1.82) is 0 Å². The highest BCUT2D eigenvalue weighted by Crippen LogP contribution is 2.36. The summed E-state index contributed by atoms with van der Waals surface area (Å²) in [5, 5.41) is 8.07. The van der Waals surface area contributed by atoms with Gasteiger partial charge in [-0.25, -0.2) is 4.98 Å². The van der Waals surface area contributed by atoms with Crippen LogP contribution < -0.4 is 20.1 Å². The number of methoxy groups -OCH3 is 2. The maximum atomic E-state index is 12.7. The van der Waals surface area contributed by atoms with Crippen LogP contribution >= 0.6 is 27.3 Å². The van der Waals surface area contributed by atoms with E-state index in [2.05, 4.69) is 31.5 Å². The van der Waals surface area contributed by atoms with Crippen LogP contribution in [-0.4, -0.2) is 31.0 Å². The molecule has 2 aromatic carbocycles. The molecule has 30 heavy (non-hydrogen) atoms. The zero-order valence-corrected chi connectivity index (χ0v) is 18.6. The number of amides is 2. The van der Waals surface area contributed by atoms with Gasteiger partial charge in [-0.1, -0.05) is 6.07 Å². The number of anilines is 2. The predicted molar refractivity (Wildman–Crippen MR) is 120 cm³/mol. The third kappa shape index (κ3) is 4.03. The molecule has 0 saturated carbocycles. The summed E-state index contributed by atoms with van der Waals surface area (Å²) in [5.74, 6) is 0.726. The van der Waals surface area contributed by atoms with E-state index in [0.717, 1.165) is 22.5 Å². The molecular weight excluding hydrogens is 470 g/mol. The van der Waals surface area contributed by atoms with Crippen LogP contribution in [0.3, 0.4) is 0 Å². The number of carbonyl (C=O) groups is 2. The van der Waals surface area contributed by atoms with E-state index in [1.165, 1.54) is 25.6 Å². The largest absolute Gasteiger partial charge is 0.495 e. The lowest BCUT2D eigenvalue weighted by atomic mass is 9.99. The van der Waals surface area contributed by atoms with Gasteiger partial charge in [-0.05, 0) is 52.2 Å². The average molecular weight is 488 g/mol. The van der Waals surface area contributed by atoms with Crippen molar-refractivity contribution in [1.82, 2.24) is 4.98 Å². The first kappa shape index (κ1) is 20.4. The normalized spacial score (nSPS) is 12.7. The van der Waals surface area contributed by atoms with Crippen LogP contribution in [-0.2, 0) is 11.2 Å². The Balaban J connectivity index is 1.54. The molecule has 0 bridgehead atoms. The Morgan fingerprint density at radius 1 is 1.17 bits per heavy atom. The van der Waals surface area contributed by atoms with Crippen LogP contribution in [0.5, 0.6) is 11.5 Å². The fraction of sp³-hybridized carbons (Fsp3) is 0.190. The second kappa shape index (κ2) is 8.45. The Morgan fingerprint density at radius 3 is 2.60 bits per heavy atom. The van der Waals surface area contributed by atoms with Gasteiger partial charge < -0.3 is 14.8 Å². The number of nitrogens with zero attached hydrogens (tertiary/aromatic N) is 1.